The smallest absolute Gasteiger partial charge is 0.0971 e. The molecular formula is C4H10NOSi. The van der Waals surface area contributed by atoms with Gasteiger partial charge in [0, 0.05) is 13.1 Å². The molecule has 2 nitrogen and oxygen atoms in total. The third-order valence-electron chi connectivity index (χ3n) is 1.10. The van der Waals surface area contributed by atoms with Gasteiger partial charge in [-0.05, 0) is 0 Å². The van der Waals surface area contributed by atoms with Crippen LogP contribution in [0.1, 0.15) is 0 Å². The number of nitrogens with zero attached hydrogens (tertiary/aromatic N) is 1. The Balaban J connectivity index is 2.12. The largest absolute Gasteiger partial charge is 0.379 e. The van der Waals surface area contributed by atoms with E-state index in [0.717, 1.165) is 26.3 Å². The van der Waals surface area contributed by atoms with Crippen LogP contribution in [0.25, 0.3) is 0 Å². The van der Waals surface area contributed by atoms with Gasteiger partial charge in [0.25, 0.3) is 0 Å². The second kappa shape index (κ2) is 2.45. The van der Waals surface area contributed by atoms with E-state index in [9.17, 15) is 0 Å². The second-order valence-corrected chi connectivity index (χ2v) is 2.62. The Kier molecular flexibility index (Phi) is 1.84. The first kappa shape index (κ1) is 5.28. The van der Waals surface area contributed by atoms with E-state index in [1.807, 2.05) is 10.4 Å². The molecule has 0 bridgehead atoms. The molecule has 0 aromatic carbocycles. The molecule has 0 aromatic heterocycles. The number of ether oxygens (including phenoxy) is 1. The summed E-state index contributed by atoms with van der Waals surface area (Å²) in [6.45, 7) is 4.06. The number of rotatable bonds is 0. The molecule has 7 heavy (non-hydrogen) atoms. The van der Waals surface area contributed by atoms with E-state index >= 15 is 0 Å². The van der Waals surface area contributed by atoms with Crippen molar-refractivity contribution in [3.63, 3.8) is 0 Å². The summed E-state index contributed by atoms with van der Waals surface area (Å²) in [5.74, 6) is 0. The van der Waals surface area contributed by atoms with Gasteiger partial charge in [0.05, 0.1) is 23.6 Å². The van der Waals surface area contributed by atoms with E-state index in [4.69, 9.17) is 4.74 Å². The predicted octanol–water partition coefficient (Wildman–Crippen LogP) is -1.13. The minimum absolute atomic E-state index is 0.920. The molecule has 1 heterocycles. The molecule has 1 radical (unpaired) electrons. The van der Waals surface area contributed by atoms with Crippen molar-refractivity contribution in [1.82, 2.24) is 4.57 Å². The standard InChI is InChI=1S/C4H10NOSi/c7-5-1-3-6-4-2-5/h1-4,7H2. The lowest BCUT2D eigenvalue weighted by atomic mass is 10.5. The molecule has 3 heteroatoms. The minimum atomic E-state index is 0.920. The Labute approximate surface area is 47.0 Å². The molecule has 0 N–H and O–H groups in total. The van der Waals surface area contributed by atoms with E-state index in [2.05, 4.69) is 4.57 Å². The Bertz CT molecular complexity index is 53.7. The zero-order chi connectivity index (χ0) is 5.11. The zero-order valence-corrected chi connectivity index (χ0v) is 5.81. The molecule has 1 aliphatic heterocycles. The van der Waals surface area contributed by atoms with Crippen LogP contribution in [0.2, 0.25) is 0 Å². The van der Waals surface area contributed by atoms with Gasteiger partial charge in [-0.2, -0.15) is 0 Å². The molecule has 0 spiro atoms. The van der Waals surface area contributed by atoms with Crippen LogP contribution in [0.15, 0.2) is 0 Å². The van der Waals surface area contributed by atoms with Gasteiger partial charge in [0.15, 0.2) is 0 Å². The Morgan fingerprint density at radius 2 is 1.86 bits per heavy atom. The van der Waals surface area contributed by atoms with Crippen LogP contribution in [0.4, 0.5) is 0 Å². The summed E-state index contributed by atoms with van der Waals surface area (Å²) in [5.41, 5.74) is 0. The van der Waals surface area contributed by atoms with Gasteiger partial charge < -0.3 is 9.30 Å². The van der Waals surface area contributed by atoms with Gasteiger partial charge in [-0.1, -0.05) is 0 Å². The highest BCUT2D eigenvalue weighted by Gasteiger charge is 2.02. The van der Waals surface area contributed by atoms with Crippen molar-refractivity contribution in [1.29, 1.82) is 0 Å². The average molecular weight is 116 g/mol. The lowest BCUT2D eigenvalue weighted by Gasteiger charge is -2.21. The van der Waals surface area contributed by atoms with Crippen LogP contribution in [-0.4, -0.2) is 41.3 Å². The van der Waals surface area contributed by atoms with Gasteiger partial charge >= 0.3 is 0 Å². The van der Waals surface area contributed by atoms with Crippen LogP contribution in [0.3, 0.4) is 0 Å². The van der Waals surface area contributed by atoms with Crippen molar-refractivity contribution in [3.05, 3.63) is 0 Å². The molecule has 0 amide bonds. The predicted molar refractivity (Wildman–Crippen MR) is 30.9 cm³/mol. The van der Waals surface area contributed by atoms with Gasteiger partial charge in [0.2, 0.25) is 0 Å². The van der Waals surface area contributed by atoms with Crippen LogP contribution in [0, 0.1) is 0 Å². The molecule has 0 aromatic rings. The first-order valence-corrected chi connectivity index (χ1v) is 3.16. The fourth-order valence-electron chi connectivity index (χ4n) is 0.601. The third kappa shape index (κ3) is 1.59. The van der Waals surface area contributed by atoms with Gasteiger partial charge in [-0.3, -0.25) is 0 Å². The van der Waals surface area contributed by atoms with Crippen molar-refractivity contribution >= 4 is 10.4 Å². The lowest BCUT2D eigenvalue weighted by molar-refractivity contribution is 0.0739. The van der Waals surface area contributed by atoms with Gasteiger partial charge in [-0.25, -0.2) is 0 Å². The first-order chi connectivity index (χ1) is 3.39. The molecule has 1 saturated heterocycles. The summed E-state index contributed by atoms with van der Waals surface area (Å²) >= 11 is 0. The van der Waals surface area contributed by atoms with Crippen molar-refractivity contribution < 1.29 is 4.74 Å². The highest BCUT2D eigenvalue weighted by Crippen LogP contribution is 1.88. The van der Waals surface area contributed by atoms with E-state index in [1.54, 1.807) is 0 Å². The minimum Gasteiger partial charge on any atom is -0.379 e. The zero-order valence-electron chi connectivity index (χ0n) is 4.39. The maximum Gasteiger partial charge on any atom is 0.0971 e. The summed E-state index contributed by atoms with van der Waals surface area (Å²) in [4.78, 5) is 0. The second-order valence-electron chi connectivity index (χ2n) is 1.73. The maximum absolute atomic E-state index is 5.10. The summed E-state index contributed by atoms with van der Waals surface area (Å²) in [6, 6.07) is 0. The van der Waals surface area contributed by atoms with Crippen molar-refractivity contribution in [2.75, 3.05) is 26.3 Å². The highest BCUT2D eigenvalue weighted by molar-refractivity contribution is 6.04. The van der Waals surface area contributed by atoms with Crippen LogP contribution in [-0.2, 0) is 4.74 Å². The van der Waals surface area contributed by atoms with Crippen molar-refractivity contribution in [2.24, 2.45) is 0 Å². The Hall–Kier alpha value is 0.137. The lowest BCUT2D eigenvalue weighted by Crippen LogP contribution is -2.33. The summed E-state index contributed by atoms with van der Waals surface area (Å²) in [5, 5.41) is 0. The topological polar surface area (TPSA) is 12.5 Å². The van der Waals surface area contributed by atoms with Gasteiger partial charge in [0.1, 0.15) is 0 Å². The summed E-state index contributed by atoms with van der Waals surface area (Å²) < 4.78 is 7.40. The van der Waals surface area contributed by atoms with Crippen molar-refractivity contribution in [3.8, 4) is 0 Å². The quantitative estimate of drug-likeness (QED) is 0.371. The number of morpholine rings is 1. The average Bonchev–Trinajstić information content (AvgIpc) is 1.69. The fraction of sp³-hybridized carbons (Fsp3) is 1.00. The molecule has 1 fully saturated rings. The number of hydrogen-bond acceptors (Lipinski definition) is 2. The summed E-state index contributed by atoms with van der Waals surface area (Å²) in [7, 11) is 1.93. The van der Waals surface area contributed by atoms with Crippen LogP contribution in [0.5, 0.6) is 0 Å². The highest BCUT2D eigenvalue weighted by atomic mass is 28.2. The normalized spacial score (nSPS) is 25.3. The van der Waals surface area contributed by atoms with Crippen LogP contribution >= 0.6 is 0 Å². The molecule has 0 aliphatic carbocycles. The monoisotopic (exact) mass is 116 g/mol. The van der Waals surface area contributed by atoms with Crippen molar-refractivity contribution in [2.45, 2.75) is 0 Å². The Morgan fingerprint density at radius 3 is 2.14 bits per heavy atom. The Morgan fingerprint density at radius 1 is 1.29 bits per heavy atom. The fourth-order valence-corrected chi connectivity index (χ4v) is 0.859. The van der Waals surface area contributed by atoms with E-state index in [0.29, 0.717) is 0 Å². The maximum atomic E-state index is 5.10. The molecule has 41 valence electrons. The van der Waals surface area contributed by atoms with Gasteiger partial charge in [-0.15, -0.1) is 0 Å². The molecule has 1 aliphatic rings. The van der Waals surface area contributed by atoms with Crippen LogP contribution < -0.4 is 0 Å². The molecule has 0 atom stereocenters. The SMILES string of the molecule is [SiH2]N1CCOCC1. The summed E-state index contributed by atoms with van der Waals surface area (Å²) in [6.07, 6.45) is 0. The molecule has 0 saturated carbocycles. The van der Waals surface area contributed by atoms with E-state index < -0.39 is 0 Å². The van der Waals surface area contributed by atoms with E-state index in [-0.39, 0.29) is 0 Å². The third-order valence-corrected chi connectivity index (χ3v) is 1.74. The number of hydrogen-bond donors (Lipinski definition) is 0. The molecule has 0 unspecified atom stereocenters. The first-order valence-electron chi connectivity index (χ1n) is 2.53. The molecule has 1 rings (SSSR count). The van der Waals surface area contributed by atoms with E-state index in [1.165, 1.54) is 0 Å². The molecular weight excluding hydrogens is 106 g/mol.